The average Bonchev–Trinajstić information content (AvgIpc) is 3.33. The summed E-state index contributed by atoms with van der Waals surface area (Å²) in [6.45, 7) is -1.25. The van der Waals surface area contributed by atoms with Crippen molar-refractivity contribution in [2.24, 2.45) is 16.6 Å². The molecule has 0 spiro atoms. The Balaban J connectivity index is 1.76. The fourth-order valence-corrected chi connectivity index (χ4v) is 4.70. The van der Waals surface area contributed by atoms with Gasteiger partial charge in [0.15, 0.2) is 17.4 Å². The van der Waals surface area contributed by atoms with Crippen LogP contribution < -0.4 is 10.5 Å². The van der Waals surface area contributed by atoms with Crippen LogP contribution in [0.25, 0.3) is 0 Å². The number of amides is 1. The number of hydrogen-bond donors (Lipinski definition) is 1. The first-order valence-corrected chi connectivity index (χ1v) is 9.91. The molecule has 30 heavy (non-hydrogen) atoms. The average molecular weight is 418 g/mol. The maximum absolute atomic E-state index is 13.4. The van der Waals surface area contributed by atoms with Gasteiger partial charge in [0.25, 0.3) is 5.91 Å². The SMILES string of the molecule is Cc1cc(C2(C3CCCC(c4ncco4)C3)N=C(N)N(C)C2=O)ccc1OC(F)F. The van der Waals surface area contributed by atoms with Crippen LogP contribution in [0.1, 0.15) is 48.6 Å². The van der Waals surface area contributed by atoms with E-state index in [0.29, 0.717) is 23.4 Å². The van der Waals surface area contributed by atoms with Crippen molar-refractivity contribution in [1.82, 2.24) is 9.88 Å². The van der Waals surface area contributed by atoms with Crippen molar-refractivity contribution in [2.45, 2.75) is 50.7 Å². The molecule has 2 heterocycles. The maximum atomic E-state index is 13.4. The number of alkyl halides is 2. The first-order valence-electron chi connectivity index (χ1n) is 9.91. The Morgan fingerprint density at radius 1 is 1.37 bits per heavy atom. The summed E-state index contributed by atoms with van der Waals surface area (Å²) in [5.74, 6) is 0.584. The lowest BCUT2D eigenvalue weighted by Crippen LogP contribution is -2.46. The second-order valence-corrected chi connectivity index (χ2v) is 7.89. The molecule has 2 aromatic rings. The molecular formula is C21H24F2N4O3. The van der Waals surface area contributed by atoms with E-state index < -0.39 is 12.2 Å². The van der Waals surface area contributed by atoms with Gasteiger partial charge in [0.2, 0.25) is 0 Å². The number of carbonyl (C=O) groups excluding carboxylic acids is 1. The summed E-state index contributed by atoms with van der Waals surface area (Å²) in [5.41, 5.74) is 5.97. The van der Waals surface area contributed by atoms with Gasteiger partial charge in [0.05, 0.1) is 6.20 Å². The molecule has 1 aromatic heterocycles. The van der Waals surface area contributed by atoms with E-state index in [0.717, 1.165) is 19.3 Å². The number of carbonyl (C=O) groups is 1. The van der Waals surface area contributed by atoms with Gasteiger partial charge < -0.3 is 14.9 Å². The molecule has 9 heteroatoms. The number of nitrogens with zero attached hydrogens (tertiary/aromatic N) is 3. The number of aryl methyl sites for hydroxylation is 1. The number of likely N-dealkylation sites (N-methyl/N-ethyl adjacent to an activating group) is 1. The van der Waals surface area contributed by atoms with Crippen molar-refractivity contribution in [2.75, 3.05) is 7.05 Å². The molecule has 4 rings (SSSR count). The van der Waals surface area contributed by atoms with Crippen molar-refractivity contribution < 1.29 is 22.7 Å². The highest BCUT2D eigenvalue weighted by Gasteiger charge is 2.54. The molecule has 1 aliphatic heterocycles. The molecule has 3 unspecified atom stereocenters. The van der Waals surface area contributed by atoms with Gasteiger partial charge in [-0.2, -0.15) is 8.78 Å². The van der Waals surface area contributed by atoms with Gasteiger partial charge >= 0.3 is 6.61 Å². The Labute approximate surface area is 172 Å². The van der Waals surface area contributed by atoms with E-state index in [4.69, 9.17) is 10.2 Å². The summed E-state index contributed by atoms with van der Waals surface area (Å²) in [7, 11) is 1.60. The Hall–Kier alpha value is -2.97. The molecule has 0 bridgehead atoms. The van der Waals surface area contributed by atoms with Crippen LogP contribution in [0.2, 0.25) is 0 Å². The van der Waals surface area contributed by atoms with E-state index in [2.05, 4.69) is 14.7 Å². The Bertz CT molecular complexity index is 963. The molecule has 1 saturated carbocycles. The molecule has 1 fully saturated rings. The lowest BCUT2D eigenvalue weighted by molar-refractivity contribution is -0.133. The predicted molar refractivity (Wildman–Crippen MR) is 105 cm³/mol. The molecular weight excluding hydrogens is 394 g/mol. The van der Waals surface area contributed by atoms with Crippen LogP contribution >= 0.6 is 0 Å². The molecule has 160 valence electrons. The van der Waals surface area contributed by atoms with Crippen LogP contribution in [0.4, 0.5) is 8.78 Å². The van der Waals surface area contributed by atoms with Gasteiger partial charge in [-0.25, -0.2) is 9.98 Å². The number of rotatable bonds is 5. The van der Waals surface area contributed by atoms with Crippen molar-refractivity contribution in [1.29, 1.82) is 0 Å². The number of hydrogen-bond acceptors (Lipinski definition) is 6. The summed E-state index contributed by atoms with van der Waals surface area (Å²) in [6.07, 6.45) is 6.40. The minimum atomic E-state index is -2.92. The largest absolute Gasteiger partial charge is 0.449 e. The van der Waals surface area contributed by atoms with E-state index >= 15 is 0 Å². The Morgan fingerprint density at radius 2 is 2.17 bits per heavy atom. The van der Waals surface area contributed by atoms with E-state index in [9.17, 15) is 13.6 Å². The normalized spacial score (nSPS) is 26.9. The quantitative estimate of drug-likeness (QED) is 0.802. The second kappa shape index (κ2) is 7.70. The van der Waals surface area contributed by atoms with Gasteiger partial charge in [0, 0.05) is 13.0 Å². The molecule has 7 nitrogen and oxygen atoms in total. The molecule has 2 aliphatic rings. The van der Waals surface area contributed by atoms with Crippen LogP contribution in [0, 0.1) is 12.8 Å². The van der Waals surface area contributed by atoms with Crippen molar-refractivity contribution in [3.05, 3.63) is 47.7 Å². The summed E-state index contributed by atoms with van der Waals surface area (Å²) < 4.78 is 35.4. The highest BCUT2D eigenvalue weighted by atomic mass is 19.3. The Kier molecular flexibility index (Phi) is 5.21. The second-order valence-electron chi connectivity index (χ2n) is 7.89. The maximum Gasteiger partial charge on any atom is 0.387 e. The zero-order valence-corrected chi connectivity index (χ0v) is 16.8. The summed E-state index contributed by atoms with van der Waals surface area (Å²) in [6, 6.07) is 4.79. The topological polar surface area (TPSA) is 94.0 Å². The zero-order chi connectivity index (χ0) is 21.5. The molecule has 1 amide bonds. The van der Waals surface area contributed by atoms with Crippen molar-refractivity contribution >= 4 is 11.9 Å². The van der Waals surface area contributed by atoms with Gasteiger partial charge in [-0.05, 0) is 55.4 Å². The van der Waals surface area contributed by atoms with E-state index in [1.165, 1.54) is 11.0 Å². The molecule has 3 atom stereocenters. The lowest BCUT2D eigenvalue weighted by Gasteiger charge is -2.38. The molecule has 0 saturated heterocycles. The number of ether oxygens (including phenoxy) is 1. The van der Waals surface area contributed by atoms with Crippen LogP contribution in [0.15, 0.2) is 40.1 Å². The fraction of sp³-hybridized carbons (Fsp3) is 0.476. The summed E-state index contributed by atoms with van der Waals surface area (Å²) in [5, 5.41) is 0. The minimum Gasteiger partial charge on any atom is -0.449 e. The van der Waals surface area contributed by atoms with Crippen LogP contribution in [-0.2, 0) is 10.3 Å². The third-order valence-electron chi connectivity index (χ3n) is 6.16. The van der Waals surface area contributed by atoms with E-state index in [1.54, 1.807) is 38.6 Å². The fourth-order valence-electron chi connectivity index (χ4n) is 4.70. The number of aliphatic imine (C=N–C) groups is 1. The van der Waals surface area contributed by atoms with Gasteiger partial charge in [-0.15, -0.1) is 0 Å². The molecule has 2 N–H and O–H groups in total. The Morgan fingerprint density at radius 3 is 2.77 bits per heavy atom. The number of nitrogens with two attached hydrogens (primary N) is 1. The van der Waals surface area contributed by atoms with Gasteiger partial charge in [-0.1, -0.05) is 12.5 Å². The minimum absolute atomic E-state index is 0.0703. The number of halogens is 2. The van der Waals surface area contributed by atoms with Crippen LogP contribution in [-0.4, -0.2) is 35.4 Å². The standard InChI is InChI=1S/C21H24F2N4O3/c1-12-10-15(6-7-16(12)30-19(22)23)21(18(28)27(2)20(24)26-21)14-5-3-4-13(11-14)17-25-8-9-29-17/h6-10,13-14,19H,3-5,11H2,1-2H3,(H2,24,26). The van der Waals surface area contributed by atoms with Crippen LogP contribution in [0.3, 0.4) is 0 Å². The zero-order valence-electron chi connectivity index (χ0n) is 16.8. The van der Waals surface area contributed by atoms with E-state index in [-0.39, 0.29) is 29.5 Å². The number of oxazole rings is 1. The highest BCUT2D eigenvalue weighted by Crippen LogP contribution is 2.49. The predicted octanol–water partition coefficient (Wildman–Crippen LogP) is 3.54. The first-order chi connectivity index (χ1) is 14.3. The summed E-state index contributed by atoms with van der Waals surface area (Å²) >= 11 is 0. The molecule has 0 radical (unpaired) electrons. The third kappa shape index (κ3) is 3.32. The highest BCUT2D eigenvalue weighted by molar-refractivity contribution is 6.07. The number of benzene rings is 1. The van der Waals surface area contributed by atoms with Gasteiger partial charge in [0.1, 0.15) is 12.0 Å². The van der Waals surface area contributed by atoms with Gasteiger partial charge in [-0.3, -0.25) is 9.69 Å². The number of guanidine groups is 1. The number of aromatic nitrogens is 1. The van der Waals surface area contributed by atoms with Crippen molar-refractivity contribution in [3.63, 3.8) is 0 Å². The van der Waals surface area contributed by atoms with Crippen LogP contribution in [0.5, 0.6) is 5.75 Å². The first kappa shape index (κ1) is 20.3. The summed E-state index contributed by atoms with van der Waals surface area (Å²) in [4.78, 5) is 23.7. The smallest absolute Gasteiger partial charge is 0.387 e. The van der Waals surface area contributed by atoms with E-state index in [1.807, 2.05) is 0 Å². The molecule has 1 aliphatic carbocycles. The monoisotopic (exact) mass is 418 g/mol. The third-order valence-corrected chi connectivity index (χ3v) is 6.16. The van der Waals surface area contributed by atoms with Crippen molar-refractivity contribution in [3.8, 4) is 5.75 Å². The lowest BCUT2D eigenvalue weighted by atomic mass is 9.68. The molecule has 1 aromatic carbocycles.